The molecule has 3 aliphatic rings. The van der Waals surface area contributed by atoms with Crippen molar-refractivity contribution >= 4 is 38.5 Å². The van der Waals surface area contributed by atoms with Gasteiger partial charge in [0.05, 0.1) is 29.5 Å². The molecule has 0 spiro atoms. The van der Waals surface area contributed by atoms with Gasteiger partial charge in [-0.05, 0) is 44.2 Å². The molecule has 2 N–H and O–H groups in total. The predicted octanol–water partition coefficient (Wildman–Crippen LogP) is 3.07. The first-order chi connectivity index (χ1) is 19.9. The summed E-state index contributed by atoms with van der Waals surface area (Å²) in [6.07, 6.45) is 7.19. The van der Waals surface area contributed by atoms with Crippen LogP contribution in [0.3, 0.4) is 0 Å². The van der Waals surface area contributed by atoms with E-state index < -0.39 is 6.10 Å². The fourth-order valence-corrected chi connectivity index (χ4v) is 7.00. The Hall–Kier alpha value is -3.19. The van der Waals surface area contributed by atoms with Crippen molar-refractivity contribution in [2.75, 3.05) is 38.6 Å². The lowest BCUT2D eigenvalue weighted by atomic mass is 9.78. The zero-order chi connectivity index (χ0) is 28.5. The molecule has 2 aliphatic carbocycles. The molecule has 3 heterocycles. The molecule has 2 aromatic heterocycles. The van der Waals surface area contributed by atoms with Gasteiger partial charge < -0.3 is 24.8 Å². The zero-order valence-electron chi connectivity index (χ0n) is 23.4. The predicted molar refractivity (Wildman–Crippen MR) is 155 cm³/mol. The van der Waals surface area contributed by atoms with Crippen LogP contribution in [0.5, 0.6) is 5.75 Å². The van der Waals surface area contributed by atoms with Crippen LogP contribution in [0.2, 0.25) is 0 Å². The number of anilines is 1. The third-order valence-corrected chi connectivity index (χ3v) is 9.55. The number of benzene rings is 1. The van der Waals surface area contributed by atoms with Crippen LogP contribution < -0.4 is 10.1 Å². The average molecular weight is 581 g/mol. The molecule has 3 fully saturated rings. The normalized spacial score (nSPS) is 24.8. The second-order valence-electron chi connectivity index (χ2n) is 11.1. The second kappa shape index (κ2) is 12.0. The first-order valence-corrected chi connectivity index (χ1v) is 15.1. The number of carbonyl (C=O) groups is 2. The standard InChI is InChI=1S/C29H36N6O5S/c1-17(36)34-8-10-35(11-9-34)20-12-18(13-20)28(38)33-29-32-22-7-6-21(26(39-2)27(22)41-29)19-14-30-25(31-15-19)16-40-24-5-3-4-23(24)37/h6-7,14-15,18,20,23-24,37H,3-5,8-13,16H2,1-2H3,(H,32,33,38)/t18-,20+,23-,24-/m0/s1. The molecular weight excluding hydrogens is 544 g/mol. The van der Waals surface area contributed by atoms with Crippen molar-refractivity contribution in [1.29, 1.82) is 0 Å². The third-order valence-electron chi connectivity index (χ3n) is 8.57. The maximum absolute atomic E-state index is 13.0. The Morgan fingerprint density at radius 2 is 1.88 bits per heavy atom. The number of hydrogen-bond donors (Lipinski definition) is 2. The van der Waals surface area contributed by atoms with Crippen LogP contribution in [0.25, 0.3) is 21.3 Å². The Balaban J connectivity index is 1.07. The van der Waals surface area contributed by atoms with E-state index in [2.05, 4.69) is 25.2 Å². The number of nitrogens with zero attached hydrogens (tertiary/aromatic N) is 5. The van der Waals surface area contributed by atoms with Crippen LogP contribution in [-0.2, 0) is 20.9 Å². The van der Waals surface area contributed by atoms with E-state index in [1.807, 2.05) is 17.0 Å². The molecule has 2 atom stereocenters. The van der Waals surface area contributed by atoms with Crippen LogP contribution in [0.4, 0.5) is 5.13 Å². The molecule has 1 saturated heterocycles. The molecule has 2 saturated carbocycles. The first-order valence-electron chi connectivity index (χ1n) is 14.3. The van der Waals surface area contributed by atoms with Crippen LogP contribution in [-0.4, -0.2) is 93.2 Å². The Morgan fingerprint density at radius 1 is 1.12 bits per heavy atom. The first kappa shape index (κ1) is 28.0. The number of hydrogen-bond acceptors (Lipinski definition) is 10. The van der Waals surface area contributed by atoms with Crippen LogP contribution in [0, 0.1) is 5.92 Å². The lowest BCUT2D eigenvalue weighted by molar-refractivity contribution is -0.131. The van der Waals surface area contributed by atoms with Crippen molar-refractivity contribution < 1.29 is 24.2 Å². The minimum Gasteiger partial charge on any atom is -0.495 e. The number of carbonyl (C=O) groups excluding carboxylic acids is 2. The minimum absolute atomic E-state index is 0.00167. The van der Waals surface area contributed by atoms with Crippen molar-refractivity contribution in [1.82, 2.24) is 24.8 Å². The summed E-state index contributed by atoms with van der Waals surface area (Å²) in [7, 11) is 1.62. The van der Waals surface area contributed by atoms with Gasteiger partial charge in [0.2, 0.25) is 11.8 Å². The van der Waals surface area contributed by atoms with Crippen molar-refractivity contribution in [2.24, 2.45) is 5.92 Å². The fraction of sp³-hybridized carbons (Fsp3) is 0.552. The Morgan fingerprint density at radius 3 is 2.54 bits per heavy atom. The summed E-state index contributed by atoms with van der Waals surface area (Å²) in [5, 5.41) is 13.5. The molecular formula is C29H36N6O5S. The number of aromatic nitrogens is 3. The lowest BCUT2D eigenvalue weighted by Gasteiger charge is -2.45. The lowest BCUT2D eigenvalue weighted by Crippen LogP contribution is -2.56. The maximum atomic E-state index is 13.0. The average Bonchev–Trinajstić information content (AvgIpc) is 3.56. The molecule has 3 aromatic rings. The smallest absolute Gasteiger partial charge is 0.229 e. The number of fused-ring (bicyclic) bond motifs is 1. The maximum Gasteiger partial charge on any atom is 0.229 e. The fourth-order valence-electron chi connectivity index (χ4n) is 6.01. The molecule has 0 unspecified atom stereocenters. The molecule has 0 bridgehead atoms. The van der Waals surface area contributed by atoms with E-state index in [-0.39, 0.29) is 30.4 Å². The van der Waals surface area contributed by atoms with E-state index in [0.29, 0.717) is 22.7 Å². The minimum atomic E-state index is -0.411. The molecule has 11 nitrogen and oxygen atoms in total. The van der Waals surface area contributed by atoms with E-state index in [0.717, 1.165) is 79.6 Å². The summed E-state index contributed by atoms with van der Waals surface area (Å²) in [5.74, 6) is 1.32. The van der Waals surface area contributed by atoms with Gasteiger partial charge >= 0.3 is 0 Å². The molecule has 0 radical (unpaired) electrons. The van der Waals surface area contributed by atoms with Crippen molar-refractivity contribution in [3.05, 3.63) is 30.4 Å². The van der Waals surface area contributed by atoms with Gasteiger partial charge in [0, 0.05) is 68.6 Å². The molecule has 218 valence electrons. The number of aliphatic hydroxyl groups is 1. The van der Waals surface area contributed by atoms with Gasteiger partial charge in [0.25, 0.3) is 0 Å². The number of thiazole rings is 1. The Kier molecular flexibility index (Phi) is 8.16. The highest BCUT2D eigenvalue weighted by Crippen LogP contribution is 2.41. The Labute approximate surface area is 242 Å². The molecule has 6 rings (SSSR count). The SMILES string of the molecule is COc1c(-c2cnc(CO[C@H]3CCC[C@@H]3O)nc2)ccc2nc(NC(=O)[C@H]3C[C@@H](N4CCN(C(C)=O)CC4)C3)sc12. The highest BCUT2D eigenvalue weighted by molar-refractivity contribution is 7.22. The van der Waals surface area contributed by atoms with Gasteiger partial charge in [-0.1, -0.05) is 11.3 Å². The number of methoxy groups -OCH3 is 1. The highest BCUT2D eigenvalue weighted by atomic mass is 32.1. The number of amides is 2. The Bertz CT molecular complexity index is 1400. The molecule has 1 aliphatic heterocycles. The van der Waals surface area contributed by atoms with Gasteiger partial charge in [0.1, 0.15) is 12.4 Å². The van der Waals surface area contributed by atoms with Gasteiger partial charge in [-0.2, -0.15) is 0 Å². The summed E-state index contributed by atoms with van der Waals surface area (Å²) in [5.41, 5.74) is 2.39. The highest BCUT2D eigenvalue weighted by Gasteiger charge is 2.39. The number of ether oxygens (including phenoxy) is 2. The third kappa shape index (κ3) is 5.92. The van der Waals surface area contributed by atoms with Gasteiger partial charge in [-0.3, -0.25) is 14.5 Å². The summed E-state index contributed by atoms with van der Waals surface area (Å²) >= 11 is 1.39. The summed E-state index contributed by atoms with van der Waals surface area (Å²) in [6, 6.07) is 4.24. The molecule has 2 amide bonds. The summed E-state index contributed by atoms with van der Waals surface area (Å²) < 4.78 is 12.4. The van der Waals surface area contributed by atoms with Crippen LogP contribution in [0.1, 0.15) is 44.9 Å². The van der Waals surface area contributed by atoms with Crippen molar-refractivity contribution in [3.63, 3.8) is 0 Å². The molecule has 1 aromatic carbocycles. The largest absolute Gasteiger partial charge is 0.495 e. The number of rotatable bonds is 8. The van der Waals surface area contributed by atoms with Crippen LogP contribution in [0.15, 0.2) is 24.5 Å². The summed E-state index contributed by atoms with van der Waals surface area (Å²) in [4.78, 5) is 42.4. The second-order valence-corrected chi connectivity index (χ2v) is 12.1. The van der Waals surface area contributed by atoms with Crippen molar-refractivity contribution in [3.8, 4) is 16.9 Å². The summed E-state index contributed by atoms with van der Waals surface area (Å²) in [6.45, 7) is 5.12. The van der Waals surface area contributed by atoms with Gasteiger partial charge in [0.15, 0.2) is 11.0 Å². The van der Waals surface area contributed by atoms with E-state index in [4.69, 9.17) is 9.47 Å². The topological polar surface area (TPSA) is 130 Å². The van der Waals surface area contributed by atoms with Crippen molar-refractivity contribution in [2.45, 2.75) is 63.9 Å². The van der Waals surface area contributed by atoms with E-state index in [1.165, 1.54) is 11.3 Å². The van der Waals surface area contributed by atoms with Crippen LogP contribution >= 0.6 is 11.3 Å². The van der Waals surface area contributed by atoms with Gasteiger partial charge in [-0.25, -0.2) is 15.0 Å². The van der Waals surface area contributed by atoms with E-state index in [1.54, 1.807) is 26.4 Å². The quantitative estimate of drug-likeness (QED) is 0.413. The van der Waals surface area contributed by atoms with E-state index in [9.17, 15) is 14.7 Å². The molecule has 41 heavy (non-hydrogen) atoms. The number of nitrogens with one attached hydrogen (secondary N) is 1. The van der Waals surface area contributed by atoms with E-state index >= 15 is 0 Å². The molecule has 12 heteroatoms. The van der Waals surface area contributed by atoms with Gasteiger partial charge in [-0.15, -0.1) is 0 Å². The monoisotopic (exact) mass is 580 g/mol. The number of aliphatic hydroxyl groups excluding tert-OH is 1. The zero-order valence-corrected chi connectivity index (χ0v) is 24.2. The number of piperazine rings is 1.